The summed E-state index contributed by atoms with van der Waals surface area (Å²) in [6, 6.07) is 1.62. The molecule has 0 aromatic carbocycles. The molecule has 0 spiro atoms. The molecular formula is C12H16ClN3O3. The Bertz CT molecular complexity index is 470. The van der Waals surface area contributed by atoms with Gasteiger partial charge < -0.3 is 20.1 Å². The van der Waals surface area contributed by atoms with Gasteiger partial charge in [0.1, 0.15) is 5.82 Å². The van der Waals surface area contributed by atoms with Gasteiger partial charge in [0, 0.05) is 26.3 Å². The van der Waals surface area contributed by atoms with Gasteiger partial charge in [-0.25, -0.2) is 4.98 Å². The number of halogens is 1. The van der Waals surface area contributed by atoms with Crippen molar-refractivity contribution in [3.8, 4) is 0 Å². The van der Waals surface area contributed by atoms with E-state index in [1.807, 2.05) is 0 Å². The van der Waals surface area contributed by atoms with Crippen LogP contribution in [-0.2, 0) is 4.74 Å². The number of pyridine rings is 1. The molecule has 0 saturated carbocycles. The highest BCUT2D eigenvalue weighted by Gasteiger charge is 2.26. The van der Waals surface area contributed by atoms with Crippen LogP contribution in [0.3, 0.4) is 0 Å². The topological polar surface area (TPSA) is 74.7 Å². The number of hydrogen-bond donors (Lipinski definition) is 2. The van der Waals surface area contributed by atoms with Crippen molar-refractivity contribution >= 4 is 23.3 Å². The minimum atomic E-state index is -0.331. The molecule has 1 fully saturated rings. The van der Waals surface area contributed by atoms with Gasteiger partial charge in [0.15, 0.2) is 0 Å². The maximum absolute atomic E-state index is 12.4. The number of aliphatic hydroxyl groups is 1. The van der Waals surface area contributed by atoms with Crippen LogP contribution in [-0.4, -0.2) is 60.4 Å². The third kappa shape index (κ3) is 3.15. The van der Waals surface area contributed by atoms with E-state index in [0.29, 0.717) is 36.1 Å². The quantitative estimate of drug-likeness (QED) is 0.851. The molecule has 2 heterocycles. The summed E-state index contributed by atoms with van der Waals surface area (Å²) in [5, 5.41) is 12.3. The van der Waals surface area contributed by atoms with E-state index in [0.717, 1.165) is 0 Å². The number of nitrogens with one attached hydrogen (secondary N) is 1. The average molecular weight is 286 g/mol. The van der Waals surface area contributed by atoms with E-state index in [-0.39, 0.29) is 18.6 Å². The van der Waals surface area contributed by atoms with Gasteiger partial charge in [-0.3, -0.25) is 4.79 Å². The number of morpholine rings is 1. The molecule has 6 nitrogen and oxygen atoms in total. The smallest absolute Gasteiger partial charge is 0.255 e. The van der Waals surface area contributed by atoms with Crippen molar-refractivity contribution in [2.45, 2.75) is 6.10 Å². The van der Waals surface area contributed by atoms with Crippen molar-refractivity contribution in [3.05, 3.63) is 22.8 Å². The van der Waals surface area contributed by atoms with E-state index in [1.165, 1.54) is 6.20 Å². The molecule has 2 rings (SSSR count). The molecule has 19 heavy (non-hydrogen) atoms. The van der Waals surface area contributed by atoms with Crippen LogP contribution in [0.2, 0.25) is 5.02 Å². The fraction of sp³-hybridized carbons (Fsp3) is 0.500. The second kappa shape index (κ2) is 6.18. The zero-order valence-corrected chi connectivity index (χ0v) is 11.4. The molecule has 1 aliphatic heterocycles. The number of anilines is 1. The Balaban J connectivity index is 2.18. The number of rotatable bonds is 3. The molecule has 1 saturated heterocycles. The third-order valence-corrected chi connectivity index (χ3v) is 3.27. The molecule has 104 valence electrons. The fourth-order valence-electron chi connectivity index (χ4n) is 1.92. The molecule has 1 aromatic heterocycles. The van der Waals surface area contributed by atoms with Crippen molar-refractivity contribution in [2.75, 3.05) is 38.7 Å². The van der Waals surface area contributed by atoms with E-state index in [2.05, 4.69) is 10.3 Å². The van der Waals surface area contributed by atoms with Gasteiger partial charge >= 0.3 is 0 Å². The number of amides is 1. The number of carbonyl (C=O) groups is 1. The lowest BCUT2D eigenvalue weighted by Crippen LogP contribution is -2.47. The number of aromatic nitrogens is 1. The van der Waals surface area contributed by atoms with Crippen molar-refractivity contribution < 1.29 is 14.6 Å². The Hall–Kier alpha value is -1.37. The maximum Gasteiger partial charge on any atom is 0.255 e. The molecule has 2 N–H and O–H groups in total. The number of nitrogens with zero attached hydrogens (tertiary/aromatic N) is 2. The minimum absolute atomic E-state index is 0.102. The van der Waals surface area contributed by atoms with Gasteiger partial charge in [0.2, 0.25) is 0 Å². The highest BCUT2D eigenvalue weighted by Crippen LogP contribution is 2.20. The van der Waals surface area contributed by atoms with E-state index in [9.17, 15) is 4.79 Å². The summed E-state index contributed by atoms with van der Waals surface area (Å²) in [7, 11) is 1.72. The van der Waals surface area contributed by atoms with Crippen LogP contribution in [0.25, 0.3) is 0 Å². The molecule has 1 unspecified atom stereocenters. The van der Waals surface area contributed by atoms with Crippen molar-refractivity contribution in [1.82, 2.24) is 9.88 Å². The first-order valence-corrected chi connectivity index (χ1v) is 6.38. The normalized spacial score (nSPS) is 19.3. The molecule has 7 heteroatoms. The van der Waals surface area contributed by atoms with Crippen LogP contribution in [0.15, 0.2) is 12.3 Å². The molecule has 0 radical (unpaired) electrons. The van der Waals surface area contributed by atoms with Crippen LogP contribution >= 0.6 is 11.6 Å². The molecule has 1 amide bonds. The Morgan fingerprint density at radius 1 is 1.74 bits per heavy atom. The number of carbonyl (C=O) groups excluding carboxylic acids is 1. The SMILES string of the molecule is CNc1cc(C(=O)N2CCOC(CO)C2)c(Cl)cn1. The molecule has 1 aromatic rings. The monoisotopic (exact) mass is 285 g/mol. The predicted molar refractivity (Wildman–Crippen MR) is 71.5 cm³/mol. The van der Waals surface area contributed by atoms with Crippen LogP contribution in [0.4, 0.5) is 5.82 Å². The first kappa shape index (κ1) is 14.0. The van der Waals surface area contributed by atoms with E-state index in [1.54, 1.807) is 18.0 Å². The Morgan fingerprint density at radius 2 is 2.53 bits per heavy atom. The lowest BCUT2D eigenvalue weighted by molar-refractivity contribution is -0.0447. The summed E-state index contributed by atoms with van der Waals surface area (Å²) in [6.07, 6.45) is 1.12. The fourth-order valence-corrected chi connectivity index (χ4v) is 2.11. The second-order valence-electron chi connectivity index (χ2n) is 4.23. The molecule has 0 bridgehead atoms. The number of ether oxygens (including phenoxy) is 1. The van der Waals surface area contributed by atoms with E-state index in [4.69, 9.17) is 21.4 Å². The molecule has 0 aliphatic carbocycles. The summed E-state index contributed by atoms with van der Waals surface area (Å²) in [4.78, 5) is 18.1. The summed E-state index contributed by atoms with van der Waals surface area (Å²) in [6.45, 7) is 1.17. The van der Waals surface area contributed by atoms with Crippen LogP contribution in [0.1, 0.15) is 10.4 Å². The van der Waals surface area contributed by atoms with E-state index >= 15 is 0 Å². The summed E-state index contributed by atoms with van der Waals surface area (Å²) < 4.78 is 5.32. The third-order valence-electron chi connectivity index (χ3n) is 2.97. The Morgan fingerprint density at radius 3 is 3.21 bits per heavy atom. The van der Waals surface area contributed by atoms with E-state index < -0.39 is 0 Å². The van der Waals surface area contributed by atoms with Gasteiger partial charge in [-0.15, -0.1) is 0 Å². The summed E-state index contributed by atoms with van der Waals surface area (Å²) >= 11 is 6.02. The van der Waals surface area contributed by atoms with Crippen molar-refractivity contribution in [3.63, 3.8) is 0 Å². The van der Waals surface area contributed by atoms with Crippen molar-refractivity contribution in [2.24, 2.45) is 0 Å². The first-order valence-electron chi connectivity index (χ1n) is 6.00. The Labute approximate surface area is 116 Å². The van der Waals surface area contributed by atoms with Gasteiger partial charge in [-0.2, -0.15) is 0 Å². The maximum atomic E-state index is 12.4. The predicted octanol–water partition coefficient (Wildman–Crippen LogP) is 0.610. The van der Waals surface area contributed by atoms with Gasteiger partial charge in [-0.05, 0) is 6.07 Å². The first-order chi connectivity index (χ1) is 9.15. The van der Waals surface area contributed by atoms with Gasteiger partial charge in [-0.1, -0.05) is 11.6 Å². The van der Waals surface area contributed by atoms with Gasteiger partial charge in [0.05, 0.1) is 29.9 Å². The van der Waals surface area contributed by atoms with Crippen LogP contribution in [0.5, 0.6) is 0 Å². The summed E-state index contributed by atoms with van der Waals surface area (Å²) in [5.41, 5.74) is 0.402. The largest absolute Gasteiger partial charge is 0.394 e. The van der Waals surface area contributed by atoms with Crippen LogP contribution in [0, 0.1) is 0 Å². The summed E-state index contributed by atoms with van der Waals surface area (Å²) in [5.74, 6) is 0.408. The van der Waals surface area contributed by atoms with Crippen molar-refractivity contribution in [1.29, 1.82) is 0 Å². The highest BCUT2D eigenvalue weighted by atomic mass is 35.5. The number of aliphatic hydroxyl groups excluding tert-OH is 1. The Kier molecular flexibility index (Phi) is 4.57. The second-order valence-corrected chi connectivity index (χ2v) is 4.63. The number of hydrogen-bond acceptors (Lipinski definition) is 5. The van der Waals surface area contributed by atoms with Crippen LogP contribution < -0.4 is 5.32 Å². The molecule has 1 atom stereocenters. The highest BCUT2D eigenvalue weighted by molar-refractivity contribution is 6.33. The molecular weight excluding hydrogens is 270 g/mol. The average Bonchev–Trinajstić information content (AvgIpc) is 2.47. The molecule has 1 aliphatic rings. The minimum Gasteiger partial charge on any atom is -0.394 e. The lowest BCUT2D eigenvalue weighted by Gasteiger charge is -2.32. The zero-order valence-electron chi connectivity index (χ0n) is 10.6. The van der Waals surface area contributed by atoms with Gasteiger partial charge in [0.25, 0.3) is 5.91 Å². The standard InChI is InChI=1S/C12H16ClN3O3/c1-14-11-4-9(10(13)5-15-11)12(18)16-2-3-19-8(6-16)7-17/h4-5,8,17H,2-3,6-7H2,1H3,(H,14,15). The lowest BCUT2D eigenvalue weighted by atomic mass is 10.2. The zero-order chi connectivity index (χ0) is 13.8.